The highest BCUT2D eigenvalue weighted by Gasteiger charge is 2.10. The monoisotopic (exact) mass is 365 g/mol. The Morgan fingerprint density at radius 1 is 1.04 bits per heavy atom. The van der Waals surface area contributed by atoms with E-state index < -0.39 is 5.97 Å². The zero-order valence-electron chi connectivity index (χ0n) is 14.9. The van der Waals surface area contributed by atoms with Crippen LogP contribution in [0.3, 0.4) is 0 Å². The fourth-order valence-electron chi connectivity index (χ4n) is 2.51. The van der Waals surface area contributed by atoms with Crippen molar-refractivity contribution in [2.45, 2.75) is 19.3 Å². The number of aryl methyl sites for hydroxylation is 1. The summed E-state index contributed by atoms with van der Waals surface area (Å²) in [6, 6.07) is 15.9. The topological polar surface area (TPSA) is 78.6 Å². The molecule has 6 heteroatoms. The summed E-state index contributed by atoms with van der Waals surface area (Å²) in [7, 11) is 1.31. The number of ether oxygens (including phenoxy) is 2. The first kappa shape index (κ1) is 18.4. The van der Waals surface area contributed by atoms with Crippen molar-refractivity contribution in [3.05, 3.63) is 72.2 Å². The van der Waals surface area contributed by atoms with Crippen LogP contribution in [0.2, 0.25) is 0 Å². The second-order valence-electron chi connectivity index (χ2n) is 5.83. The molecule has 0 spiro atoms. The number of esters is 2. The van der Waals surface area contributed by atoms with E-state index >= 15 is 0 Å². The van der Waals surface area contributed by atoms with Gasteiger partial charge in [-0.3, -0.25) is 4.79 Å². The highest BCUT2D eigenvalue weighted by Crippen LogP contribution is 2.20. The summed E-state index contributed by atoms with van der Waals surface area (Å²) in [5.41, 5.74) is 1.36. The van der Waals surface area contributed by atoms with Gasteiger partial charge in [-0.2, -0.15) is 0 Å². The van der Waals surface area contributed by atoms with E-state index in [1.165, 1.54) is 7.11 Å². The average molecular weight is 365 g/mol. The van der Waals surface area contributed by atoms with Crippen molar-refractivity contribution in [1.29, 1.82) is 0 Å². The Hall–Kier alpha value is -3.41. The second-order valence-corrected chi connectivity index (χ2v) is 5.83. The van der Waals surface area contributed by atoms with Crippen LogP contribution in [-0.4, -0.2) is 24.0 Å². The molecule has 1 aromatic heterocycles. The summed E-state index contributed by atoms with van der Waals surface area (Å²) in [6.45, 7) is 0. The van der Waals surface area contributed by atoms with Gasteiger partial charge in [0.1, 0.15) is 5.75 Å². The molecule has 0 saturated heterocycles. The van der Waals surface area contributed by atoms with Crippen LogP contribution in [0.25, 0.3) is 11.3 Å². The van der Waals surface area contributed by atoms with Crippen molar-refractivity contribution in [3.8, 4) is 17.1 Å². The molecule has 6 nitrogen and oxygen atoms in total. The van der Waals surface area contributed by atoms with E-state index in [1.54, 1.807) is 30.5 Å². The Morgan fingerprint density at radius 2 is 1.78 bits per heavy atom. The molecular formula is C21H19NO5. The van der Waals surface area contributed by atoms with Crippen LogP contribution in [0, 0.1) is 0 Å². The van der Waals surface area contributed by atoms with Gasteiger partial charge < -0.3 is 13.9 Å². The third kappa shape index (κ3) is 5.04. The largest absolute Gasteiger partial charge is 0.465 e. The number of carbonyl (C=O) groups excluding carboxylic acids is 2. The normalized spacial score (nSPS) is 10.4. The molecule has 2 aromatic carbocycles. The first-order valence-corrected chi connectivity index (χ1v) is 8.55. The second kappa shape index (κ2) is 8.80. The molecule has 0 aliphatic rings. The first-order valence-electron chi connectivity index (χ1n) is 8.55. The van der Waals surface area contributed by atoms with Gasteiger partial charge in [-0.15, -0.1) is 0 Å². The third-order valence-electron chi connectivity index (χ3n) is 3.89. The van der Waals surface area contributed by atoms with Gasteiger partial charge in [0.2, 0.25) is 0 Å². The zero-order valence-corrected chi connectivity index (χ0v) is 14.9. The van der Waals surface area contributed by atoms with Crippen LogP contribution in [0.5, 0.6) is 5.75 Å². The Kier molecular flexibility index (Phi) is 5.99. The molecule has 138 valence electrons. The van der Waals surface area contributed by atoms with E-state index in [2.05, 4.69) is 9.72 Å². The highest BCUT2D eigenvalue weighted by molar-refractivity contribution is 5.89. The number of aromatic nitrogens is 1. The van der Waals surface area contributed by atoms with Crippen LogP contribution in [0.15, 0.2) is 65.2 Å². The first-order chi connectivity index (χ1) is 13.2. The molecule has 27 heavy (non-hydrogen) atoms. The molecule has 0 aliphatic heterocycles. The van der Waals surface area contributed by atoms with Crippen LogP contribution in [-0.2, 0) is 16.0 Å². The smallest absolute Gasteiger partial charge is 0.337 e. The fraction of sp³-hybridized carbons (Fsp3) is 0.190. The maximum Gasteiger partial charge on any atom is 0.337 e. The van der Waals surface area contributed by atoms with Gasteiger partial charge in [0.05, 0.1) is 18.9 Å². The Bertz CT molecular complexity index is 900. The number of benzene rings is 2. The molecule has 0 amide bonds. The lowest BCUT2D eigenvalue weighted by atomic mass is 10.2. The molecule has 0 unspecified atom stereocenters. The number of nitrogens with zero attached hydrogens (tertiary/aromatic N) is 1. The van der Waals surface area contributed by atoms with Gasteiger partial charge in [-0.05, 0) is 30.7 Å². The molecule has 0 saturated carbocycles. The molecule has 0 bridgehead atoms. The maximum absolute atomic E-state index is 11.9. The number of hydrogen-bond donors (Lipinski definition) is 0. The zero-order chi connectivity index (χ0) is 19.1. The maximum atomic E-state index is 11.9. The fourth-order valence-corrected chi connectivity index (χ4v) is 2.51. The molecule has 0 atom stereocenters. The van der Waals surface area contributed by atoms with Crippen molar-refractivity contribution in [2.75, 3.05) is 7.11 Å². The van der Waals surface area contributed by atoms with Gasteiger partial charge in [-0.1, -0.05) is 30.3 Å². The minimum Gasteiger partial charge on any atom is -0.465 e. The van der Waals surface area contributed by atoms with Gasteiger partial charge >= 0.3 is 11.9 Å². The predicted molar refractivity (Wildman–Crippen MR) is 98.3 cm³/mol. The van der Waals surface area contributed by atoms with Crippen LogP contribution >= 0.6 is 0 Å². The summed E-state index contributed by atoms with van der Waals surface area (Å²) in [4.78, 5) is 27.6. The Morgan fingerprint density at radius 3 is 2.48 bits per heavy atom. The number of oxazole rings is 1. The predicted octanol–water partition coefficient (Wildman–Crippen LogP) is 4.06. The van der Waals surface area contributed by atoms with Crippen molar-refractivity contribution >= 4 is 11.9 Å². The van der Waals surface area contributed by atoms with Crippen molar-refractivity contribution < 1.29 is 23.5 Å². The molecule has 0 radical (unpaired) electrons. The molecule has 0 fully saturated rings. The molecule has 0 N–H and O–H groups in total. The minimum atomic E-state index is -0.436. The number of methoxy groups -OCH3 is 1. The minimum absolute atomic E-state index is 0.238. The number of hydrogen-bond acceptors (Lipinski definition) is 6. The Labute approximate surface area is 156 Å². The van der Waals surface area contributed by atoms with E-state index in [4.69, 9.17) is 9.15 Å². The summed E-state index contributed by atoms with van der Waals surface area (Å²) in [5.74, 6) is 0.891. The summed E-state index contributed by atoms with van der Waals surface area (Å²) >= 11 is 0. The van der Waals surface area contributed by atoms with Gasteiger partial charge in [0.25, 0.3) is 0 Å². The third-order valence-corrected chi connectivity index (χ3v) is 3.89. The van der Waals surface area contributed by atoms with Gasteiger partial charge in [0.15, 0.2) is 11.7 Å². The Balaban J connectivity index is 1.46. The molecular weight excluding hydrogens is 346 g/mol. The molecule has 3 rings (SSSR count). The highest BCUT2D eigenvalue weighted by atomic mass is 16.5. The van der Waals surface area contributed by atoms with Crippen LogP contribution < -0.4 is 4.74 Å². The van der Waals surface area contributed by atoms with E-state index in [-0.39, 0.29) is 12.4 Å². The molecule has 0 aliphatic carbocycles. The van der Waals surface area contributed by atoms with Crippen LogP contribution in [0.4, 0.5) is 0 Å². The average Bonchev–Trinajstić information content (AvgIpc) is 3.17. The van der Waals surface area contributed by atoms with E-state index in [0.717, 1.165) is 5.56 Å². The lowest BCUT2D eigenvalue weighted by molar-refractivity contribution is -0.134. The van der Waals surface area contributed by atoms with Crippen molar-refractivity contribution in [1.82, 2.24) is 4.98 Å². The van der Waals surface area contributed by atoms with Gasteiger partial charge in [0, 0.05) is 18.4 Å². The van der Waals surface area contributed by atoms with E-state index in [1.807, 2.05) is 30.3 Å². The van der Waals surface area contributed by atoms with Crippen LogP contribution in [0.1, 0.15) is 29.1 Å². The number of rotatable bonds is 7. The van der Waals surface area contributed by atoms with E-state index in [0.29, 0.717) is 35.8 Å². The summed E-state index contributed by atoms with van der Waals surface area (Å²) < 4.78 is 15.6. The quantitative estimate of drug-likeness (QED) is 0.464. The number of carbonyl (C=O) groups is 2. The molecule has 1 heterocycles. The van der Waals surface area contributed by atoms with Crippen molar-refractivity contribution in [3.63, 3.8) is 0 Å². The van der Waals surface area contributed by atoms with Crippen molar-refractivity contribution in [2.24, 2.45) is 0 Å². The summed E-state index contributed by atoms with van der Waals surface area (Å²) in [6.07, 6.45) is 3.03. The van der Waals surface area contributed by atoms with E-state index in [9.17, 15) is 9.59 Å². The standard InChI is InChI=1S/C21H19NO5/c1-25-21(24)16-10-12-17(13-11-16)26-20(23)9-5-8-19-22-14-18(27-19)15-6-3-2-4-7-15/h2-4,6-7,10-14H,5,8-9H2,1H3. The molecule has 3 aromatic rings. The lowest BCUT2D eigenvalue weighted by Gasteiger charge is -2.05. The SMILES string of the molecule is COC(=O)c1ccc(OC(=O)CCCc2ncc(-c3ccccc3)o2)cc1. The van der Waals surface area contributed by atoms with Gasteiger partial charge in [-0.25, -0.2) is 9.78 Å². The summed E-state index contributed by atoms with van der Waals surface area (Å²) in [5, 5.41) is 0. The lowest BCUT2D eigenvalue weighted by Crippen LogP contribution is -2.08.